The number of rotatable bonds is 5. The van der Waals surface area contributed by atoms with Crippen LogP contribution in [0.3, 0.4) is 0 Å². The molecule has 1 N–H and O–H groups in total. The molecular formula is C13H22N4O2. The van der Waals surface area contributed by atoms with Gasteiger partial charge >= 0.3 is 5.97 Å². The second kappa shape index (κ2) is 6.12. The van der Waals surface area contributed by atoms with E-state index in [1.165, 1.54) is 12.8 Å². The van der Waals surface area contributed by atoms with Gasteiger partial charge in [-0.05, 0) is 35.6 Å². The fourth-order valence-electron chi connectivity index (χ4n) is 2.85. The molecule has 1 atom stereocenters. The average Bonchev–Trinajstić information content (AvgIpc) is 2.85. The molecule has 0 radical (unpaired) electrons. The minimum atomic E-state index is -0.800. The zero-order valence-corrected chi connectivity index (χ0v) is 11.6. The molecule has 2 rings (SSSR count). The van der Waals surface area contributed by atoms with Crippen LogP contribution >= 0.6 is 0 Å². The first-order chi connectivity index (χ1) is 9.11. The smallest absolute Gasteiger partial charge is 0.305 e. The van der Waals surface area contributed by atoms with Crippen molar-refractivity contribution in [2.45, 2.75) is 64.3 Å². The molecule has 1 aromatic heterocycles. The van der Waals surface area contributed by atoms with E-state index in [0.717, 1.165) is 31.0 Å². The molecule has 6 heteroatoms. The molecule has 0 aliphatic heterocycles. The van der Waals surface area contributed by atoms with Gasteiger partial charge in [0.1, 0.15) is 0 Å². The largest absolute Gasteiger partial charge is 0.481 e. The van der Waals surface area contributed by atoms with Crippen molar-refractivity contribution in [2.24, 2.45) is 5.92 Å². The number of aliphatic carboxylic acids is 1. The van der Waals surface area contributed by atoms with Crippen molar-refractivity contribution in [3.8, 4) is 0 Å². The zero-order chi connectivity index (χ0) is 13.8. The lowest BCUT2D eigenvalue weighted by atomic mass is 9.82. The Kier molecular flexibility index (Phi) is 4.50. The maximum atomic E-state index is 10.9. The topological polar surface area (TPSA) is 80.9 Å². The summed E-state index contributed by atoms with van der Waals surface area (Å²) in [5, 5.41) is 20.9. The highest BCUT2D eigenvalue weighted by Gasteiger charge is 2.27. The minimum absolute atomic E-state index is 0.0810. The van der Waals surface area contributed by atoms with Gasteiger partial charge in [0.2, 0.25) is 0 Å². The first kappa shape index (κ1) is 14.0. The lowest BCUT2D eigenvalue weighted by Crippen LogP contribution is -2.21. The van der Waals surface area contributed by atoms with Gasteiger partial charge in [-0.2, -0.15) is 0 Å². The standard InChI is InChI=1S/C13H22N4O2/c1-3-11(8-12(18)19)17-13(14-15-16-17)10-6-4-9(2)5-7-10/h9-11H,3-8H2,1-2H3,(H,18,19). The Hall–Kier alpha value is -1.46. The molecule has 1 aliphatic carbocycles. The quantitative estimate of drug-likeness (QED) is 0.885. The normalized spacial score (nSPS) is 25.2. The van der Waals surface area contributed by atoms with Crippen molar-refractivity contribution in [1.29, 1.82) is 0 Å². The van der Waals surface area contributed by atoms with Gasteiger partial charge in [-0.1, -0.05) is 26.7 Å². The van der Waals surface area contributed by atoms with Crippen LogP contribution in [0.5, 0.6) is 0 Å². The number of hydrogen-bond donors (Lipinski definition) is 1. The molecule has 1 heterocycles. The highest BCUT2D eigenvalue weighted by Crippen LogP contribution is 2.35. The zero-order valence-electron chi connectivity index (χ0n) is 11.6. The number of carboxylic acid groups (broad SMARTS) is 1. The van der Waals surface area contributed by atoms with E-state index in [2.05, 4.69) is 22.4 Å². The Morgan fingerprint density at radius 2 is 2.11 bits per heavy atom. The summed E-state index contributed by atoms with van der Waals surface area (Å²) in [6.45, 7) is 4.25. The SMILES string of the molecule is CCC(CC(=O)O)n1nnnc1C1CCC(C)CC1. The molecule has 1 saturated carbocycles. The number of hydrogen-bond acceptors (Lipinski definition) is 4. The first-order valence-corrected chi connectivity index (χ1v) is 7.11. The molecule has 1 fully saturated rings. The van der Waals surface area contributed by atoms with Gasteiger partial charge in [0.05, 0.1) is 12.5 Å². The van der Waals surface area contributed by atoms with E-state index >= 15 is 0 Å². The van der Waals surface area contributed by atoms with Crippen molar-refractivity contribution in [3.05, 3.63) is 5.82 Å². The molecule has 106 valence electrons. The Labute approximate surface area is 113 Å². The van der Waals surface area contributed by atoms with Crippen molar-refractivity contribution >= 4 is 5.97 Å². The second-order valence-corrected chi connectivity index (χ2v) is 5.60. The number of aromatic nitrogens is 4. The molecule has 0 amide bonds. The Morgan fingerprint density at radius 1 is 1.42 bits per heavy atom. The van der Waals surface area contributed by atoms with Gasteiger partial charge in [-0.15, -0.1) is 5.10 Å². The number of carboxylic acids is 1. The Bertz CT molecular complexity index is 424. The predicted molar refractivity (Wildman–Crippen MR) is 69.8 cm³/mol. The van der Waals surface area contributed by atoms with E-state index in [1.807, 2.05) is 6.92 Å². The number of nitrogens with zero attached hydrogens (tertiary/aromatic N) is 4. The van der Waals surface area contributed by atoms with E-state index in [0.29, 0.717) is 5.92 Å². The van der Waals surface area contributed by atoms with E-state index in [-0.39, 0.29) is 12.5 Å². The highest BCUT2D eigenvalue weighted by molar-refractivity contribution is 5.67. The van der Waals surface area contributed by atoms with Gasteiger partial charge < -0.3 is 5.11 Å². The van der Waals surface area contributed by atoms with Crippen LogP contribution in [0.15, 0.2) is 0 Å². The van der Waals surface area contributed by atoms with Gasteiger partial charge in [-0.3, -0.25) is 4.79 Å². The third-order valence-electron chi connectivity index (χ3n) is 4.13. The molecule has 1 aliphatic rings. The van der Waals surface area contributed by atoms with E-state index < -0.39 is 5.97 Å². The lowest BCUT2D eigenvalue weighted by molar-refractivity contribution is -0.138. The van der Waals surface area contributed by atoms with Crippen LogP contribution in [0.25, 0.3) is 0 Å². The van der Waals surface area contributed by atoms with Gasteiger partial charge in [-0.25, -0.2) is 4.68 Å². The summed E-state index contributed by atoms with van der Waals surface area (Å²) in [7, 11) is 0. The van der Waals surface area contributed by atoms with Crippen LogP contribution in [0.1, 0.15) is 70.2 Å². The second-order valence-electron chi connectivity index (χ2n) is 5.60. The summed E-state index contributed by atoms with van der Waals surface area (Å²) in [5.74, 6) is 1.24. The van der Waals surface area contributed by atoms with Crippen LogP contribution in [-0.2, 0) is 4.79 Å². The average molecular weight is 266 g/mol. The molecule has 19 heavy (non-hydrogen) atoms. The minimum Gasteiger partial charge on any atom is -0.481 e. The van der Waals surface area contributed by atoms with Gasteiger partial charge in [0.15, 0.2) is 5.82 Å². The van der Waals surface area contributed by atoms with Crippen molar-refractivity contribution in [1.82, 2.24) is 20.2 Å². The number of carbonyl (C=O) groups is 1. The monoisotopic (exact) mass is 266 g/mol. The molecule has 0 saturated heterocycles. The maximum absolute atomic E-state index is 10.9. The summed E-state index contributed by atoms with van der Waals surface area (Å²) >= 11 is 0. The lowest BCUT2D eigenvalue weighted by Gasteiger charge is -2.26. The van der Waals surface area contributed by atoms with Crippen LogP contribution in [-0.4, -0.2) is 31.3 Å². The molecular weight excluding hydrogens is 244 g/mol. The summed E-state index contributed by atoms with van der Waals surface area (Å²) < 4.78 is 1.74. The van der Waals surface area contributed by atoms with Crippen LogP contribution in [0.4, 0.5) is 0 Å². The van der Waals surface area contributed by atoms with Crippen LogP contribution in [0.2, 0.25) is 0 Å². The third-order valence-corrected chi connectivity index (χ3v) is 4.13. The third kappa shape index (κ3) is 3.30. The molecule has 1 unspecified atom stereocenters. The predicted octanol–water partition coefficient (Wildman–Crippen LogP) is 2.39. The van der Waals surface area contributed by atoms with Gasteiger partial charge in [0.25, 0.3) is 0 Å². The van der Waals surface area contributed by atoms with Crippen molar-refractivity contribution in [3.63, 3.8) is 0 Å². The molecule has 0 spiro atoms. The van der Waals surface area contributed by atoms with E-state index in [4.69, 9.17) is 5.11 Å². The summed E-state index contributed by atoms with van der Waals surface area (Å²) in [4.78, 5) is 10.9. The number of tetrazole rings is 1. The summed E-state index contributed by atoms with van der Waals surface area (Å²) in [6, 6.07) is -0.137. The van der Waals surface area contributed by atoms with E-state index in [9.17, 15) is 4.79 Å². The molecule has 1 aromatic rings. The van der Waals surface area contributed by atoms with Crippen molar-refractivity contribution < 1.29 is 9.90 Å². The van der Waals surface area contributed by atoms with Crippen LogP contribution < -0.4 is 0 Å². The molecule has 6 nitrogen and oxygen atoms in total. The van der Waals surface area contributed by atoms with Gasteiger partial charge in [0, 0.05) is 5.92 Å². The fraction of sp³-hybridized carbons (Fsp3) is 0.846. The Morgan fingerprint density at radius 3 is 2.68 bits per heavy atom. The Balaban J connectivity index is 2.14. The molecule has 0 aromatic carbocycles. The summed E-state index contributed by atoms with van der Waals surface area (Å²) in [5.41, 5.74) is 0. The highest BCUT2D eigenvalue weighted by atomic mass is 16.4. The van der Waals surface area contributed by atoms with Crippen LogP contribution in [0, 0.1) is 5.92 Å². The van der Waals surface area contributed by atoms with Crippen molar-refractivity contribution in [2.75, 3.05) is 0 Å². The molecule has 0 bridgehead atoms. The van der Waals surface area contributed by atoms with E-state index in [1.54, 1.807) is 4.68 Å². The first-order valence-electron chi connectivity index (χ1n) is 7.11. The maximum Gasteiger partial charge on any atom is 0.305 e. The fourth-order valence-corrected chi connectivity index (χ4v) is 2.85. The summed E-state index contributed by atoms with van der Waals surface area (Å²) in [6.07, 6.45) is 5.42.